The normalized spacial score (nSPS) is 11.2. The van der Waals surface area contributed by atoms with Crippen LogP contribution < -0.4 is 5.32 Å². The van der Waals surface area contributed by atoms with Gasteiger partial charge in [0.05, 0.1) is 17.8 Å². The second-order valence-electron chi connectivity index (χ2n) is 5.04. The minimum Gasteiger partial charge on any atom is -0.460 e. The summed E-state index contributed by atoms with van der Waals surface area (Å²) >= 11 is 0. The molecule has 0 spiro atoms. The lowest BCUT2D eigenvalue weighted by molar-refractivity contribution is 0.493. The van der Waals surface area contributed by atoms with Crippen molar-refractivity contribution in [3.05, 3.63) is 29.3 Å². The number of hydrogen-bond donors (Lipinski definition) is 1. The molecule has 1 N–H and O–H groups in total. The topological polar surface area (TPSA) is 43.0 Å². The second-order valence-corrected chi connectivity index (χ2v) is 5.04. The fraction of sp³-hybridized carbons (Fsp3) is 0.562. The van der Waals surface area contributed by atoms with E-state index in [0.717, 1.165) is 49.6 Å². The molecule has 2 heterocycles. The van der Waals surface area contributed by atoms with Gasteiger partial charge >= 0.3 is 0 Å². The molecule has 0 aromatic carbocycles. The highest BCUT2D eigenvalue weighted by atomic mass is 16.3. The van der Waals surface area contributed by atoms with Crippen LogP contribution in [-0.2, 0) is 26.4 Å². The van der Waals surface area contributed by atoms with Gasteiger partial charge in [-0.15, -0.1) is 0 Å². The maximum atomic E-state index is 6.00. The Kier molecular flexibility index (Phi) is 5.01. The Morgan fingerprint density at radius 1 is 1.20 bits per heavy atom. The molecule has 0 aliphatic rings. The van der Waals surface area contributed by atoms with Crippen LogP contribution in [0.3, 0.4) is 0 Å². The summed E-state index contributed by atoms with van der Waals surface area (Å²) in [4.78, 5) is 0. The van der Waals surface area contributed by atoms with Gasteiger partial charge in [0.15, 0.2) is 0 Å². The van der Waals surface area contributed by atoms with Crippen molar-refractivity contribution < 1.29 is 4.42 Å². The average Bonchev–Trinajstić information content (AvgIpc) is 3.02. The van der Waals surface area contributed by atoms with Crippen LogP contribution in [0, 0.1) is 0 Å². The molecule has 0 amide bonds. The third kappa shape index (κ3) is 2.96. The number of furan rings is 1. The van der Waals surface area contributed by atoms with E-state index in [1.807, 2.05) is 11.7 Å². The smallest absolute Gasteiger partial charge is 0.138 e. The molecule has 0 saturated carbocycles. The van der Waals surface area contributed by atoms with Crippen LogP contribution in [0.4, 0.5) is 0 Å². The average molecular weight is 275 g/mol. The summed E-state index contributed by atoms with van der Waals surface area (Å²) in [5, 5.41) is 7.97. The highest BCUT2D eigenvalue weighted by Crippen LogP contribution is 2.30. The first-order valence-electron chi connectivity index (χ1n) is 7.55. The summed E-state index contributed by atoms with van der Waals surface area (Å²) in [6.07, 6.45) is 3.02. The molecule has 0 unspecified atom stereocenters. The van der Waals surface area contributed by atoms with E-state index < -0.39 is 0 Å². The maximum absolute atomic E-state index is 6.00. The van der Waals surface area contributed by atoms with Crippen LogP contribution in [0.15, 0.2) is 16.5 Å². The molecule has 0 saturated heterocycles. The van der Waals surface area contributed by atoms with Gasteiger partial charge in [-0.05, 0) is 37.9 Å². The van der Waals surface area contributed by atoms with E-state index in [0.29, 0.717) is 0 Å². The van der Waals surface area contributed by atoms with Gasteiger partial charge in [0, 0.05) is 12.7 Å². The van der Waals surface area contributed by atoms with Gasteiger partial charge in [-0.3, -0.25) is 4.68 Å². The number of nitrogens with zero attached hydrogens (tertiary/aromatic N) is 2. The first kappa shape index (κ1) is 14.9. The standard InChI is InChI=1S/C16H25N3O/c1-5-10-17-11-12-8-9-15(20-12)16-13(6-2)18-19(4)14(16)7-3/h8-9,17H,5-7,10-11H2,1-4H3. The van der Waals surface area contributed by atoms with E-state index >= 15 is 0 Å². The van der Waals surface area contributed by atoms with Crippen molar-refractivity contribution in [2.45, 2.75) is 46.6 Å². The molecule has 0 fully saturated rings. The van der Waals surface area contributed by atoms with Gasteiger partial charge in [-0.25, -0.2) is 0 Å². The monoisotopic (exact) mass is 275 g/mol. The van der Waals surface area contributed by atoms with Crippen LogP contribution in [0.1, 0.15) is 44.3 Å². The molecule has 2 aromatic rings. The van der Waals surface area contributed by atoms with Crippen molar-refractivity contribution >= 4 is 0 Å². The minimum atomic E-state index is 0.789. The highest BCUT2D eigenvalue weighted by molar-refractivity contribution is 5.64. The van der Waals surface area contributed by atoms with E-state index in [1.54, 1.807) is 0 Å². The Morgan fingerprint density at radius 3 is 2.65 bits per heavy atom. The van der Waals surface area contributed by atoms with E-state index in [-0.39, 0.29) is 0 Å². The lowest BCUT2D eigenvalue weighted by Crippen LogP contribution is -2.12. The SMILES string of the molecule is CCCNCc1ccc(-c2c(CC)nn(C)c2CC)o1. The summed E-state index contributed by atoms with van der Waals surface area (Å²) in [7, 11) is 2.01. The molecule has 20 heavy (non-hydrogen) atoms. The van der Waals surface area contributed by atoms with Gasteiger partial charge in [-0.1, -0.05) is 20.8 Å². The van der Waals surface area contributed by atoms with Crippen LogP contribution in [0.5, 0.6) is 0 Å². The summed E-state index contributed by atoms with van der Waals surface area (Å²) in [6.45, 7) is 8.27. The lowest BCUT2D eigenvalue weighted by atomic mass is 10.1. The highest BCUT2D eigenvalue weighted by Gasteiger charge is 2.18. The fourth-order valence-corrected chi connectivity index (χ4v) is 2.55. The largest absolute Gasteiger partial charge is 0.460 e. The fourth-order valence-electron chi connectivity index (χ4n) is 2.55. The van der Waals surface area contributed by atoms with E-state index in [4.69, 9.17) is 4.42 Å². The molecular formula is C16H25N3O. The number of hydrogen-bond acceptors (Lipinski definition) is 3. The van der Waals surface area contributed by atoms with E-state index in [2.05, 4.69) is 43.3 Å². The number of nitrogens with one attached hydrogen (secondary N) is 1. The molecule has 2 aromatic heterocycles. The van der Waals surface area contributed by atoms with Crippen LogP contribution in [-0.4, -0.2) is 16.3 Å². The third-order valence-corrected chi connectivity index (χ3v) is 3.54. The number of aromatic nitrogens is 2. The van der Waals surface area contributed by atoms with Gasteiger partial charge in [0.1, 0.15) is 11.5 Å². The summed E-state index contributed by atoms with van der Waals surface area (Å²) in [5.41, 5.74) is 3.54. The molecule has 0 aliphatic carbocycles. The molecular weight excluding hydrogens is 250 g/mol. The third-order valence-electron chi connectivity index (χ3n) is 3.54. The Hall–Kier alpha value is -1.55. The first-order chi connectivity index (χ1) is 9.71. The predicted molar refractivity (Wildman–Crippen MR) is 81.7 cm³/mol. The lowest BCUT2D eigenvalue weighted by Gasteiger charge is -2.02. The Labute approximate surface area is 121 Å². The number of aryl methyl sites for hydroxylation is 2. The Balaban J connectivity index is 2.27. The molecule has 0 radical (unpaired) electrons. The molecule has 110 valence electrons. The van der Waals surface area contributed by atoms with Crippen LogP contribution in [0.25, 0.3) is 11.3 Å². The van der Waals surface area contributed by atoms with Crippen molar-refractivity contribution in [1.29, 1.82) is 0 Å². The molecule has 0 atom stereocenters. The van der Waals surface area contributed by atoms with Crippen molar-refractivity contribution in [3.8, 4) is 11.3 Å². The van der Waals surface area contributed by atoms with E-state index in [1.165, 1.54) is 11.3 Å². The predicted octanol–water partition coefficient (Wildman–Crippen LogP) is 3.30. The zero-order chi connectivity index (χ0) is 14.5. The molecule has 4 heteroatoms. The molecule has 2 rings (SSSR count). The summed E-state index contributed by atoms with van der Waals surface area (Å²) < 4.78 is 7.98. The Bertz CT molecular complexity index is 554. The second kappa shape index (κ2) is 6.75. The van der Waals surface area contributed by atoms with Gasteiger partial charge < -0.3 is 9.73 Å². The quantitative estimate of drug-likeness (QED) is 0.788. The minimum absolute atomic E-state index is 0.789. The van der Waals surface area contributed by atoms with Gasteiger partial charge in [-0.2, -0.15) is 5.10 Å². The van der Waals surface area contributed by atoms with Crippen LogP contribution >= 0.6 is 0 Å². The first-order valence-corrected chi connectivity index (χ1v) is 7.55. The van der Waals surface area contributed by atoms with Crippen molar-refractivity contribution in [2.75, 3.05) is 6.54 Å². The van der Waals surface area contributed by atoms with Gasteiger partial charge in [0.2, 0.25) is 0 Å². The molecule has 0 aliphatic heterocycles. The zero-order valence-electron chi connectivity index (χ0n) is 13.0. The molecule has 0 bridgehead atoms. The van der Waals surface area contributed by atoms with Gasteiger partial charge in [0.25, 0.3) is 0 Å². The van der Waals surface area contributed by atoms with Crippen molar-refractivity contribution in [3.63, 3.8) is 0 Å². The summed E-state index contributed by atoms with van der Waals surface area (Å²) in [5.74, 6) is 1.93. The Morgan fingerprint density at radius 2 is 2.00 bits per heavy atom. The zero-order valence-corrected chi connectivity index (χ0v) is 13.0. The number of rotatable bonds is 7. The van der Waals surface area contributed by atoms with Crippen molar-refractivity contribution in [1.82, 2.24) is 15.1 Å². The van der Waals surface area contributed by atoms with Crippen molar-refractivity contribution in [2.24, 2.45) is 7.05 Å². The maximum Gasteiger partial charge on any atom is 0.138 e. The van der Waals surface area contributed by atoms with Crippen LogP contribution in [0.2, 0.25) is 0 Å². The molecule has 4 nitrogen and oxygen atoms in total. The van der Waals surface area contributed by atoms with E-state index in [9.17, 15) is 0 Å². The summed E-state index contributed by atoms with van der Waals surface area (Å²) in [6, 6.07) is 4.13.